The first kappa shape index (κ1) is 19.3. The molecular formula is C20H27N7O2. The summed E-state index contributed by atoms with van der Waals surface area (Å²) in [4.78, 5) is 14.1. The Kier molecular flexibility index (Phi) is 5.39. The van der Waals surface area contributed by atoms with Crippen molar-refractivity contribution in [1.29, 1.82) is 0 Å². The van der Waals surface area contributed by atoms with Gasteiger partial charge in [-0.15, -0.1) is 0 Å². The van der Waals surface area contributed by atoms with Crippen LogP contribution in [0.1, 0.15) is 5.56 Å². The van der Waals surface area contributed by atoms with E-state index >= 15 is 0 Å². The van der Waals surface area contributed by atoms with E-state index in [0.29, 0.717) is 6.54 Å². The van der Waals surface area contributed by atoms with E-state index in [1.54, 1.807) is 25.1 Å². The molecule has 0 unspecified atom stereocenters. The number of ether oxygens (including phenoxy) is 2. The van der Waals surface area contributed by atoms with Gasteiger partial charge in [0, 0.05) is 45.3 Å². The molecule has 1 saturated heterocycles. The molecule has 3 aromatic rings. The highest BCUT2D eigenvalue weighted by molar-refractivity contribution is 5.87. The molecule has 9 nitrogen and oxygen atoms in total. The number of benzene rings is 1. The fourth-order valence-electron chi connectivity index (χ4n) is 3.49. The summed E-state index contributed by atoms with van der Waals surface area (Å²) in [5.41, 5.74) is 1.80. The maximum Gasteiger partial charge on any atom is 0.229 e. The summed E-state index contributed by atoms with van der Waals surface area (Å²) in [5.74, 6) is 3.08. The average Bonchev–Trinajstić information content (AvgIpc) is 3.13. The van der Waals surface area contributed by atoms with Gasteiger partial charge in [-0.25, -0.2) is 0 Å². The van der Waals surface area contributed by atoms with Crippen molar-refractivity contribution in [3.8, 4) is 11.5 Å². The highest BCUT2D eigenvalue weighted by Crippen LogP contribution is 2.27. The van der Waals surface area contributed by atoms with E-state index in [0.717, 1.165) is 66.0 Å². The summed E-state index contributed by atoms with van der Waals surface area (Å²) in [5, 5.41) is 8.72. The van der Waals surface area contributed by atoms with Crippen molar-refractivity contribution in [1.82, 2.24) is 24.6 Å². The molecule has 1 aliphatic rings. The van der Waals surface area contributed by atoms with Crippen LogP contribution in [-0.2, 0) is 13.6 Å². The predicted molar refractivity (Wildman–Crippen MR) is 113 cm³/mol. The summed E-state index contributed by atoms with van der Waals surface area (Å²) in [6.45, 7) is 4.35. The van der Waals surface area contributed by atoms with Crippen LogP contribution in [0.15, 0.2) is 24.4 Å². The molecule has 0 aliphatic carbocycles. The third-order valence-corrected chi connectivity index (χ3v) is 5.30. The number of hydrogen-bond acceptors (Lipinski definition) is 8. The normalized spacial score (nSPS) is 15.0. The number of nitrogens with zero attached hydrogens (tertiary/aromatic N) is 6. The van der Waals surface area contributed by atoms with Crippen molar-refractivity contribution in [2.24, 2.45) is 7.05 Å². The van der Waals surface area contributed by atoms with Crippen LogP contribution in [0.5, 0.6) is 11.5 Å². The van der Waals surface area contributed by atoms with E-state index in [1.807, 2.05) is 25.2 Å². The highest BCUT2D eigenvalue weighted by Gasteiger charge is 2.20. The molecule has 3 heterocycles. The van der Waals surface area contributed by atoms with Gasteiger partial charge >= 0.3 is 0 Å². The number of aromatic nitrogens is 4. The second-order valence-electron chi connectivity index (χ2n) is 7.20. The Morgan fingerprint density at radius 3 is 2.55 bits per heavy atom. The van der Waals surface area contributed by atoms with Gasteiger partial charge in [-0.05, 0) is 25.2 Å². The van der Waals surface area contributed by atoms with Crippen LogP contribution >= 0.6 is 0 Å². The molecule has 0 atom stereocenters. The van der Waals surface area contributed by atoms with Gasteiger partial charge in [0.05, 0.1) is 25.8 Å². The quantitative estimate of drug-likeness (QED) is 0.674. The van der Waals surface area contributed by atoms with Crippen LogP contribution in [0.2, 0.25) is 0 Å². The molecule has 0 bridgehead atoms. The average molecular weight is 397 g/mol. The topological polar surface area (TPSA) is 80.6 Å². The first-order valence-corrected chi connectivity index (χ1v) is 9.67. The number of hydrogen-bond donors (Lipinski definition) is 1. The van der Waals surface area contributed by atoms with E-state index in [2.05, 4.69) is 27.3 Å². The second kappa shape index (κ2) is 8.12. The van der Waals surface area contributed by atoms with Crippen molar-refractivity contribution in [3.05, 3.63) is 30.0 Å². The largest absolute Gasteiger partial charge is 0.497 e. The molecule has 29 heavy (non-hydrogen) atoms. The Morgan fingerprint density at radius 1 is 1.03 bits per heavy atom. The van der Waals surface area contributed by atoms with Crippen molar-refractivity contribution in [2.75, 3.05) is 57.7 Å². The van der Waals surface area contributed by atoms with Gasteiger partial charge in [-0.2, -0.15) is 15.1 Å². The molecule has 154 valence electrons. The molecule has 1 N–H and O–H groups in total. The number of fused-ring (bicyclic) bond motifs is 1. The van der Waals surface area contributed by atoms with Crippen LogP contribution in [0.25, 0.3) is 11.0 Å². The Balaban J connectivity index is 1.65. The lowest BCUT2D eigenvalue weighted by molar-refractivity contribution is 0.311. The molecule has 2 aromatic heterocycles. The number of likely N-dealkylation sites (N-methyl/N-ethyl adjacent to an activating group) is 1. The third kappa shape index (κ3) is 3.91. The number of nitrogens with one attached hydrogen (secondary N) is 1. The number of anilines is 2. The summed E-state index contributed by atoms with van der Waals surface area (Å²) in [6.07, 6.45) is 1.80. The zero-order valence-corrected chi connectivity index (χ0v) is 17.3. The number of rotatable bonds is 6. The molecule has 4 rings (SSSR count). The van der Waals surface area contributed by atoms with Gasteiger partial charge in [0.15, 0.2) is 5.65 Å². The fraction of sp³-hybridized carbons (Fsp3) is 0.450. The lowest BCUT2D eigenvalue weighted by Gasteiger charge is -2.32. The smallest absolute Gasteiger partial charge is 0.229 e. The van der Waals surface area contributed by atoms with Crippen molar-refractivity contribution >= 4 is 22.8 Å². The van der Waals surface area contributed by atoms with Gasteiger partial charge in [-0.1, -0.05) is 0 Å². The van der Waals surface area contributed by atoms with Crippen LogP contribution in [0.3, 0.4) is 0 Å². The molecule has 1 fully saturated rings. The first-order chi connectivity index (χ1) is 14.1. The van der Waals surface area contributed by atoms with Gasteiger partial charge in [-0.3, -0.25) is 4.68 Å². The monoisotopic (exact) mass is 397 g/mol. The Hall–Kier alpha value is -3.07. The fourth-order valence-corrected chi connectivity index (χ4v) is 3.49. The van der Waals surface area contributed by atoms with Crippen molar-refractivity contribution in [2.45, 2.75) is 6.54 Å². The molecular weight excluding hydrogens is 370 g/mol. The molecule has 1 aromatic carbocycles. The molecule has 0 radical (unpaired) electrons. The standard InChI is InChI=1S/C20H27N7O2/c1-25-7-9-27(10-8-25)20-23-18(16-13-22-26(2)19(16)24-20)21-12-14-11-15(28-3)5-6-17(14)29-4/h5-6,11,13H,7-10,12H2,1-4H3,(H,21,23,24). The molecule has 1 aliphatic heterocycles. The summed E-state index contributed by atoms with van der Waals surface area (Å²) in [6, 6.07) is 5.76. The molecule has 0 saturated carbocycles. The van der Waals surface area contributed by atoms with Gasteiger partial charge in [0.25, 0.3) is 0 Å². The molecule has 9 heteroatoms. The summed E-state index contributed by atoms with van der Waals surface area (Å²) in [7, 11) is 7.36. The minimum Gasteiger partial charge on any atom is -0.497 e. The Labute approximate surface area is 170 Å². The minimum atomic E-state index is 0.545. The van der Waals surface area contributed by atoms with Crippen LogP contribution in [0, 0.1) is 0 Å². The Morgan fingerprint density at radius 2 is 1.83 bits per heavy atom. The van der Waals surface area contributed by atoms with E-state index < -0.39 is 0 Å². The SMILES string of the molecule is COc1ccc(OC)c(CNc2nc(N3CCN(C)CC3)nc3c2cnn3C)c1. The van der Waals surface area contributed by atoms with Crippen molar-refractivity contribution in [3.63, 3.8) is 0 Å². The molecule has 0 amide bonds. The molecule has 0 spiro atoms. The lowest BCUT2D eigenvalue weighted by atomic mass is 10.2. The summed E-state index contributed by atoms with van der Waals surface area (Å²) >= 11 is 0. The number of aryl methyl sites for hydroxylation is 1. The summed E-state index contributed by atoms with van der Waals surface area (Å²) < 4.78 is 12.6. The van der Waals surface area contributed by atoms with Crippen LogP contribution < -0.4 is 19.7 Å². The van der Waals surface area contributed by atoms with E-state index in [9.17, 15) is 0 Å². The highest BCUT2D eigenvalue weighted by atomic mass is 16.5. The lowest BCUT2D eigenvalue weighted by Crippen LogP contribution is -2.45. The minimum absolute atomic E-state index is 0.545. The van der Waals surface area contributed by atoms with Gasteiger partial charge < -0.3 is 24.6 Å². The zero-order chi connectivity index (χ0) is 20.4. The number of methoxy groups -OCH3 is 2. The Bertz CT molecular complexity index is 996. The maximum atomic E-state index is 5.50. The van der Waals surface area contributed by atoms with Crippen LogP contribution in [-0.4, -0.2) is 72.1 Å². The van der Waals surface area contributed by atoms with Gasteiger partial charge in [0.2, 0.25) is 5.95 Å². The van der Waals surface area contributed by atoms with Crippen molar-refractivity contribution < 1.29 is 9.47 Å². The van der Waals surface area contributed by atoms with E-state index in [4.69, 9.17) is 19.4 Å². The third-order valence-electron chi connectivity index (χ3n) is 5.30. The first-order valence-electron chi connectivity index (χ1n) is 9.67. The van der Waals surface area contributed by atoms with Gasteiger partial charge in [0.1, 0.15) is 17.3 Å². The van der Waals surface area contributed by atoms with E-state index in [1.165, 1.54) is 0 Å². The number of piperazine rings is 1. The second-order valence-corrected chi connectivity index (χ2v) is 7.20. The predicted octanol–water partition coefficient (Wildman–Crippen LogP) is 1.74. The zero-order valence-electron chi connectivity index (χ0n) is 17.3. The van der Waals surface area contributed by atoms with E-state index in [-0.39, 0.29) is 0 Å². The maximum absolute atomic E-state index is 5.50. The van der Waals surface area contributed by atoms with Crippen LogP contribution in [0.4, 0.5) is 11.8 Å².